The molecule has 0 aliphatic carbocycles. The molecule has 1 aromatic carbocycles. The molecular formula is C16H22BrFN2O3S. The van der Waals surface area contributed by atoms with Crippen molar-refractivity contribution >= 4 is 26.0 Å². The zero-order valence-corrected chi connectivity index (χ0v) is 15.9. The molecule has 1 aromatic rings. The Hall–Kier alpha value is -0.540. The highest BCUT2D eigenvalue weighted by Crippen LogP contribution is 2.27. The lowest BCUT2D eigenvalue weighted by molar-refractivity contribution is 0.0269. The number of halogens is 2. The van der Waals surface area contributed by atoms with Crippen LogP contribution in [0.3, 0.4) is 0 Å². The van der Waals surface area contributed by atoms with E-state index in [0.717, 1.165) is 45.7 Å². The highest BCUT2D eigenvalue weighted by molar-refractivity contribution is 9.10. The van der Waals surface area contributed by atoms with Gasteiger partial charge in [0.05, 0.1) is 13.2 Å². The molecule has 0 bridgehead atoms. The first kappa shape index (κ1) is 18.3. The van der Waals surface area contributed by atoms with Gasteiger partial charge in [-0.1, -0.05) is 15.9 Å². The first-order valence-electron chi connectivity index (χ1n) is 8.22. The van der Waals surface area contributed by atoms with Crippen molar-refractivity contribution in [2.45, 2.75) is 17.7 Å². The number of rotatable bonds is 4. The minimum Gasteiger partial charge on any atom is -0.379 e. The number of sulfonamides is 1. The molecular weight excluding hydrogens is 399 g/mol. The molecule has 3 rings (SSSR count). The van der Waals surface area contributed by atoms with Gasteiger partial charge >= 0.3 is 0 Å². The van der Waals surface area contributed by atoms with E-state index in [1.165, 1.54) is 22.5 Å². The summed E-state index contributed by atoms with van der Waals surface area (Å²) in [5.41, 5.74) is 0. The van der Waals surface area contributed by atoms with Crippen LogP contribution in [-0.2, 0) is 14.8 Å². The molecule has 2 heterocycles. The fraction of sp³-hybridized carbons (Fsp3) is 0.625. The maximum absolute atomic E-state index is 14.0. The van der Waals surface area contributed by atoms with Crippen molar-refractivity contribution < 1.29 is 17.5 Å². The van der Waals surface area contributed by atoms with E-state index < -0.39 is 15.8 Å². The van der Waals surface area contributed by atoms with Gasteiger partial charge in [-0.05, 0) is 37.0 Å². The van der Waals surface area contributed by atoms with Gasteiger partial charge in [-0.15, -0.1) is 0 Å². The average Bonchev–Trinajstić information content (AvgIpc) is 2.58. The van der Waals surface area contributed by atoms with Gasteiger partial charge in [0.1, 0.15) is 10.7 Å². The molecule has 0 aromatic heterocycles. The van der Waals surface area contributed by atoms with E-state index in [2.05, 4.69) is 20.8 Å². The molecule has 24 heavy (non-hydrogen) atoms. The summed E-state index contributed by atoms with van der Waals surface area (Å²) in [5.74, 6) is -0.212. The summed E-state index contributed by atoms with van der Waals surface area (Å²) in [4.78, 5) is 2.13. The molecule has 0 amide bonds. The molecule has 2 aliphatic rings. The van der Waals surface area contributed by atoms with Crippen LogP contribution in [0.5, 0.6) is 0 Å². The van der Waals surface area contributed by atoms with E-state index in [0.29, 0.717) is 23.5 Å². The number of piperidine rings is 1. The number of hydrogen-bond donors (Lipinski definition) is 0. The molecule has 8 heteroatoms. The Kier molecular flexibility index (Phi) is 5.92. The molecule has 5 nitrogen and oxygen atoms in total. The SMILES string of the molecule is O=S(=O)(c1cc(Br)ccc1F)N1CCC(CN2CCOCC2)CC1. The Morgan fingerprint density at radius 1 is 1.17 bits per heavy atom. The summed E-state index contributed by atoms with van der Waals surface area (Å²) in [6.07, 6.45) is 1.62. The van der Waals surface area contributed by atoms with E-state index in [4.69, 9.17) is 4.74 Å². The third-order valence-corrected chi connectivity index (χ3v) is 7.11. The number of benzene rings is 1. The van der Waals surface area contributed by atoms with E-state index in [9.17, 15) is 12.8 Å². The molecule has 134 valence electrons. The second-order valence-corrected chi connectivity index (χ2v) is 9.16. The predicted octanol–water partition coefficient (Wildman–Crippen LogP) is 2.32. The fourth-order valence-electron chi connectivity index (χ4n) is 3.30. The Labute approximate surface area is 150 Å². The van der Waals surface area contributed by atoms with E-state index in [-0.39, 0.29) is 4.90 Å². The molecule has 0 unspecified atom stereocenters. The third kappa shape index (κ3) is 4.16. The van der Waals surface area contributed by atoms with Crippen LogP contribution in [0.4, 0.5) is 4.39 Å². The van der Waals surface area contributed by atoms with E-state index >= 15 is 0 Å². The van der Waals surface area contributed by atoms with Gasteiger partial charge in [0.15, 0.2) is 0 Å². The number of ether oxygens (including phenoxy) is 1. The predicted molar refractivity (Wildman–Crippen MR) is 92.8 cm³/mol. The van der Waals surface area contributed by atoms with Crippen molar-refractivity contribution in [1.29, 1.82) is 0 Å². The zero-order chi connectivity index (χ0) is 17.2. The first-order chi connectivity index (χ1) is 11.5. The van der Waals surface area contributed by atoms with Crippen molar-refractivity contribution in [3.63, 3.8) is 0 Å². The van der Waals surface area contributed by atoms with Crippen molar-refractivity contribution in [2.24, 2.45) is 5.92 Å². The summed E-state index contributed by atoms with van der Waals surface area (Å²) in [5, 5.41) is 0. The summed E-state index contributed by atoms with van der Waals surface area (Å²) in [6, 6.07) is 4.02. The van der Waals surface area contributed by atoms with Gasteiger partial charge < -0.3 is 4.74 Å². The van der Waals surface area contributed by atoms with Crippen LogP contribution in [0.2, 0.25) is 0 Å². The lowest BCUT2D eigenvalue weighted by atomic mass is 9.97. The fourth-order valence-corrected chi connectivity index (χ4v) is 5.37. The Balaban J connectivity index is 1.62. The Morgan fingerprint density at radius 2 is 1.83 bits per heavy atom. The van der Waals surface area contributed by atoms with E-state index in [1.807, 2.05) is 0 Å². The molecule has 2 saturated heterocycles. The monoisotopic (exact) mass is 420 g/mol. The van der Waals surface area contributed by atoms with Crippen LogP contribution < -0.4 is 0 Å². The molecule has 0 atom stereocenters. The quantitative estimate of drug-likeness (QED) is 0.749. The largest absolute Gasteiger partial charge is 0.379 e. The summed E-state index contributed by atoms with van der Waals surface area (Å²) >= 11 is 3.21. The number of hydrogen-bond acceptors (Lipinski definition) is 4. The summed E-state index contributed by atoms with van der Waals surface area (Å²) < 4.78 is 46.7. The maximum atomic E-state index is 14.0. The molecule has 0 saturated carbocycles. The van der Waals surface area contributed by atoms with Crippen LogP contribution in [-0.4, -0.2) is 63.6 Å². The first-order valence-corrected chi connectivity index (χ1v) is 10.5. The van der Waals surface area contributed by atoms with Crippen molar-refractivity contribution in [3.05, 3.63) is 28.5 Å². The summed E-state index contributed by atoms with van der Waals surface area (Å²) in [7, 11) is -3.78. The van der Waals surface area contributed by atoms with Crippen LogP contribution in [0.15, 0.2) is 27.6 Å². The summed E-state index contributed by atoms with van der Waals surface area (Å²) in [6.45, 7) is 5.32. The van der Waals surface area contributed by atoms with Crippen LogP contribution >= 0.6 is 15.9 Å². The topological polar surface area (TPSA) is 49.9 Å². The minimum atomic E-state index is -3.78. The molecule has 2 fully saturated rings. The second-order valence-electron chi connectivity index (χ2n) is 6.34. The second kappa shape index (κ2) is 7.78. The van der Waals surface area contributed by atoms with Gasteiger partial charge in [-0.25, -0.2) is 12.8 Å². The number of morpholine rings is 1. The Bertz CT molecular complexity index is 672. The lowest BCUT2D eigenvalue weighted by Crippen LogP contribution is -2.44. The smallest absolute Gasteiger partial charge is 0.246 e. The van der Waals surface area contributed by atoms with Gasteiger partial charge in [0, 0.05) is 37.2 Å². The van der Waals surface area contributed by atoms with Gasteiger partial charge in [-0.3, -0.25) is 4.90 Å². The maximum Gasteiger partial charge on any atom is 0.246 e. The highest BCUT2D eigenvalue weighted by Gasteiger charge is 2.32. The van der Waals surface area contributed by atoms with Gasteiger partial charge in [0.25, 0.3) is 0 Å². The van der Waals surface area contributed by atoms with Crippen molar-refractivity contribution in [3.8, 4) is 0 Å². The minimum absolute atomic E-state index is 0.247. The molecule has 0 N–H and O–H groups in total. The average molecular weight is 421 g/mol. The zero-order valence-electron chi connectivity index (χ0n) is 13.5. The van der Waals surface area contributed by atoms with Crippen molar-refractivity contribution in [1.82, 2.24) is 9.21 Å². The third-order valence-electron chi connectivity index (χ3n) is 4.70. The van der Waals surface area contributed by atoms with Crippen molar-refractivity contribution in [2.75, 3.05) is 45.9 Å². The van der Waals surface area contributed by atoms with Crippen LogP contribution in [0.1, 0.15) is 12.8 Å². The Morgan fingerprint density at radius 3 is 2.50 bits per heavy atom. The highest BCUT2D eigenvalue weighted by atomic mass is 79.9. The van der Waals surface area contributed by atoms with Gasteiger partial charge in [-0.2, -0.15) is 4.31 Å². The normalized spacial score (nSPS) is 21.9. The van der Waals surface area contributed by atoms with Crippen LogP contribution in [0, 0.1) is 11.7 Å². The molecule has 2 aliphatic heterocycles. The molecule has 0 radical (unpaired) electrons. The van der Waals surface area contributed by atoms with Crippen LogP contribution in [0.25, 0.3) is 0 Å². The van der Waals surface area contributed by atoms with Gasteiger partial charge in [0.2, 0.25) is 10.0 Å². The standard InChI is InChI=1S/C16H22BrFN2O3S/c17-14-1-2-15(18)16(11-14)24(21,22)20-5-3-13(4-6-20)12-19-7-9-23-10-8-19/h1-2,11,13H,3-10,12H2. The lowest BCUT2D eigenvalue weighted by Gasteiger charge is -2.35. The molecule has 0 spiro atoms. The number of nitrogens with zero attached hydrogens (tertiary/aromatic N) is 2. The van der Waals surface area contributed by atoms with E-state index in [1.54, 1.807) is 0 Å².